The van der Waals surface area contributed by atoms with E-state index in [0.29, 0.717) is 41.2 Å². The van der Waals surface area contributed by atoms with Gasteiger partial charge in [-0.15, -0.1) is 0 Å². The summed E-state index contributed by atoms with van der Waals surface area (Å²) >= 11 is 0. The Morgan fingerprint density at radius 2 is 2.05 bits per heavy atom. The van der Waals surface area contributed by atoms with Gasteiger partial charge in [0.1, 0.15) is 0 Å². The van der Waals surface area contributed by atoms with Crippen LogP contribution in [0, 0.1) is 6.92 Å². The highest BCUT2D eigenvalue weighted by molar-refractivity contribution is 6.01. The molecule has 0 aliphatic carbocycles. The number of rotatable bonds is 3. The van der Waals surface area contributed by atoms with Gasteiger partial charge in [0.05, 0.1) is 0 Å². The molecule has 0 saturated heterocycles. The smallest absolute Gasteiger partial charge is 0.339 e. The van der Waals surface area contributed by atoms with Crippen molar-refractivity contribution < 1.29 is 8.83 Å². The molecule has 0 aliphatic rings. The van der Waals surface area contributed by atoms with Crippen molar-refractivity contribution in [1.29, 1.82) is 0 Å². The van der Waals surface area contributed by atoms with E-state index < -0.39 is 0 Å². The lowest BCUT2D eigenvalue weighted by atomic mass is 10.0. The Morgan fingerprint density at radius 1 is 1.25 bits per heavy atom. The summed E-state index contributed by atoms with van der Waals surface area (Å²) in [4.78, 5) is 16.4. The van der Waals surface area contributed by atoms with Gasteiger partial charge in [0.2, 0.25) is 0 Å². The molecule has 0 saturated carbocycles. The summed E-state index contributed by atoms with van der Waals surface area (Å²) in [5, 5.41) is 3.92. The number of aromatic nitrogens is 1. The molecule has 104 valence electrons. The van der Waals surface area contributed by atoms with E-state index >= 15 is 0 Å². The van der Waals surface area contributed by atoms with Gasteiger partial charge in [-0.1, -0.05) is 6.92 Å². The zero-order valence-corrected chi connectivity index (χ0v) is 11.7. The van der Waals surface area contributed by atoms with Gasteiger partial charge in [0, 0.05) is 17.5 Å². The second-order valence-electron chi connectivity index (χ2n) is 4.68. The zero-order valence-electron chi connectivity index (χ0n) is 11.7. The maximum Gasteiger partial charge on any atom is 0.339 e. The molecule has 1 N–H and O–H groups in total. The van der Waals surface area contributed by atoms with E-state index in [-0.39, 0.29) is 5.63 Å². The highest BCUT2D eigenvalue weighted by atomic mass is 16.4. The maximum atomic E-state index is 12.0. The summed E-state index contributed by atoms with van der Waals surface area (Å²) < 4.78 is 11.0. The summed E-state index contributed by atoms with van der Waals surface area (Å²) in [7, 11) is 0. The minimum Gasteiger partial charge on any atom is -0.423 e. The molecule has 0 bridgehead atoms. The molecular formula is C15H16N2O3. The third-order valence-corrected chi connectivity index (χ3v) is 3.49. The van der Waals surface area contributed by atoms with Crippen LogP contribution in [0.25, 0.3) is 22.1 Å². The van der Waals surface area contributed by atoms with Crippen molar-refractivity contribution in [1.82, 2.24) is 4.98 Å². The fraction of sp³-hybridized carbons (Fsp3) is 0.333. The largest absolute Gasteiger partial charge is 0.423 e. The lowest BCUT2D eigenvalue weighted by molar-refractivity contribution is 0.552. The molecule has 0 aliphatic heterocycles. The lowest BCUT2D eigenvalue weighted by Gasteiger charge is -2.05. The molecular weight excluding hydrogens is 256 g/mol. The van der Waals surface area contributed by atoms with Crippen molar-refractivity contribution in [2.24, 2.45) is 0 Å². The van der Waals surface area contributed by atoms with Crippen LogP contribution in [0.15, 0.2) is 25.8 Å². The van der Waals surface area contributed by atoms with Crippen LogP contribution in [0.2, 0.25) is 0 Å². The van der Waals surface area contributed by atoms with Gasteiger partial charge in [-0.3, -0.25) is 0 Å². The van der Waals surface area contributed by atoms with Crippen LogP contribution in [0.5, 0.6) is 0 Å². The van der Waals surface area contributed by atoms with Crippen LogP contribution in [0.3, 0.4) is 0 Å². The van der Waals surface area contributed by atoms with E-state index in [0.717, 1.165) is 10.9 Å². The summed E-state index contributed by atoms with van der Waals surface area (Å²) in [5.41, 5.74) is 3.07. The van der Waals surface area contributed by atoms with Gasteiger partial charge in [-0.05, 0) is 38.0 Å². The average molecular weight is 272 g/mol. The Balaban J connectivity index is 2.39. The number of hydrogen-bond donors (Lipinski definition) is 1. The summed E-state index contributed by atoms with van der Waals surface area (Å²) in [6.07, 6.45) is 0.656. The third-order valence-electron chi connectivity index (χ3n) is 3.49. The molecule has 0 spiro atoms. The SMILES string of the molecule is CCNc1nc2c(ccc3c(C)c(CC)c(=O)oc32)o1. The van der Waals surface area contributed by atoms with Crippen LogP contribution in [0.1, 0.15) is 25.0 Å². The summed E-state index contributed by atoms with van der Waals surface area (Å²) in [6, 6.07) is 4.21. The first-order valence-electron chi connectivity index (χ1n) is 6.75. The van der Waals surface area contributed by atoms with Gasteiger partial charge in [0.15, 0.2) is 16.7 Å². The molecule has 3 aromatic rings. The number of nitrogens with zero attached hydrogens (tertiary/aromatic N) is 1. The number of hydrogen-bond acceptors (Lipinski definition) is 5. The molecule has 0 radical (unpaired) electrons. The molecule has 20 heavy (non-hydrogen) atoms. The first kappa shape index (κ1) is 12.7. The second-order valence-corrected chi connectivity index (χ2v) is 4.68. The Labute approximate surface area is 115 Å². The van der Waals surface area contributed by atoms with Crippen molar-refractivity contribution in [3.05, 3.63) is 33.7 Å². The Hall–Kier alpha value is -2.30. The van der Waals surface area contributed by atoms with Crippen LogP contribution in [-0.2, 0) is 6.42 Å². The molecule has 2 heterocycles. The fourth-order valence-corrected chi connectivity index (χ4v) is 2.47. The van der Waals surface area contributed by atoms with Gasteiger partial charge < -0.3 is 14.2 Å². The molecule has 2 aromatic heterocycles. The van der Waals surface area contributed by atoms with Gasteiger partial charge in [-0.25, -0.2) is 4.79 Å². The fourth-order valence-electron chi connectivity index (χ4n) is 2.47. The van der Waals surface area contributed by atoms with E-state index in [9.17, 15) is 4.79 Å². The standard InChI is InChI=1S/C15H16N2O3/c1-4-9-8(3)10-6-7-11-12(13(10)20-14(9)18)17-15(19-11)16-5-2/h6-7H,4-5H2,1-3H3,(H,16,17). The molecule has 0 amide bonds. The van der Waals surface area contributed by atoms with Gasteiger partial charge in [0.25, 0.3) is 6.01 Å². The summed E-state index contributed by atoms with van der Waals surface area (Å²) in [5.74, 6) is 0. The first-order valence-corrected chi connectivity index (χ1v) is 6.75. The summed E-state index contributed by atoms with van der Waals surface area (Å²) in [6.45, 7) is 6.57. The van der Waals surface area contributed by atoms with Crippen LogP contribution < -0.4 is 10.9 Å². The van der Waals surface area contributed by atoms with Crippen molar-refractivity contribution in [2.45, 2.75) is 27.2 Å². The highest BCUT2D eigenvalue weighted by Gasteiger charge is 2.15. The molecule has 0 atom stereocenters. The van der Waals surface area contributed by atoms with Crippen LogP contribution in [-0.4, -0.2) is 11.5 Å². The van der Waals surface area contributed by atoms with E-state index in [2.05, 4.69) is 10.3 Å². The van der Waals surface area contributed by atoms with E-state index in [1.807, 2.05) is 32.9 Å². The van der Waals surface area contributed by atoms with Crippen molar-refractivity contribution in [3.8, 4) is 0 Å². The molecule has 5 heteroatoms. The number of oxazole rings is 1. The van der Waals surface area contributed by atoms with Gasteiger partial charge >= 0.3 is 5.63 Å². The molecule has 0 fully saturated rings. The molecule has 3 rings (SSSR count). The Kier molecular flexibility index (Phi) is 2.97. The van der Waals surface area contributed by atoms with E-state index in [1.165, 1.54) is 0 Å². The molecule has 0 unspecified atom stereocenters. The average Bonchev–Trinajstić information content (AvgIpc) is 2.82. The maximum absolute atomic E-state index is 12.0. The second kappa shape index (κ2) is 4.67. The predicted molar refractivity (Wildman–Crippen MR) is 78.3 cm³/mol. The number of aryl methyl sites for hydroxylation is 1. The van der Waals surface area contributed by atoms with Crippen LogP contribution >= 0.6 is 0 Å². The first-order chi connectivity index (χ1) is 9.65. The zero-order chi connectivity index (χ0) is 14.3. The topological polar surface area (TPSA) is 68.3 Å². The number of nitrogens with one attached hydrogen (secondary N) is 1. The van der Waals surface area contributed by atoms with E-state index in [4.69, 9.17) is 8.83 Å². The quantitative estimate of drug-likeness (QED) is 0.741. The highest BCUT2D eigenvalue weighted by Crippen LogP contribution is 2.29. The van der Waals surface area contributed by atoms with Crippen molar-refractivity contribution >= 4 is 28.1 Å². The molecule has 1 aromatic carbocycles. The predicted octanol–water partition coefficient (Wildman–Crippen LogP) is 3.24. The number of benzene rings is 1. The lowest BCUT2D eigenvalue weighted by Crippen LogP contribution is -2.09. The van der Waals surface area contributed by atoms with Crippen LogP contribution in [0.4, 0.5) is 6.01 Å². The number of anilines is 1. The monoisotopic (exact) mass is 272 g/mol. The Morgan fingerprint density at radius 3 is 2.75 bits per heavy atom. The number of fused-ring (bicyclic) bond motifs is 3. The van der Waals surface area contributed by atoms with E-state index in [1.54, 1.807) is 0 Å². The Bertz CT molecular complexity index is 846. The van der Waals surface area contributed by atoms with Crippen molar-refractivity contribution in [3.63, 3.8) is 0 Å². The normalized spacial score (nSPS) is 11.3. The molecule has 5 nitrogen and oxygen atoms in total. The van der Waals surface area contributed by atoms with Crippen molar-refractivity contribution in [2.75, 3.05) is 11.9 Å². The minimum atomic E-state index is -0.294. The van der Waals surface area contributed by atoms with Gasteiger partial charge in [-0.2, -0.15) is 4.98 Å². The minimum absolute atomic E-state index is 0.294. The third kappa shape index (κ3) is 1.78.